The lowest BCUT2D eigenvalue weighted by Gasteiger charge is -2.37. The molecule has 8 rings (SSSR count). The van der Waals surface area contributed by atoms with Crippen LogP contribution in [-0.2, 0) is 35.6 Å². The predicted octanol–water partition coefficient (Wildman–Crippen LogP) is 5.07. The van der Waals surface area contributed by atoms with Gasteiger partial charge in [0.05, 0.1) is 36.2 Å². The topological polar surface area (TPSA) is 182 Å². The molecule has 15 heteroatoms. The second-order valence-corrected chi connectivity index (χ2v) is 19.5. The number of hydrogen-bond acceptors (Lipinski definition) is 10. The highest BCUT2D eigenvalue weighted by Gasteiger charge is 2.64. The predicted molar refractivity (Wildman–Crippen MR) is 211 cm³/mol. The number of nitrogens with one attached hydrogen (secondary N) is 3. The van der Waals surface area contributed by atoms with Crippen LogP contribution in [0, 0.1) is 5.92 Å². The number of allylic oxidation sites excluding steroid dienone is 1. The van der Waals surface area contributed by atoms with E-state index < -0.39 is 67.7 Å². The lowest BCUT2D eigenvalue weighted by Crippen LogP contribution is -2.58. The van der Waals surface area contributed by atoms with E-state index in [4.69, 9.17) is 19.2 Å². The second kappa shape index (κ2) is 15.1. The van der Waals surface area contributed by atoms with Gasteiger partial charge >= 0.3 is 6.09 Å². The van der Waals surface area contributed by atoms with Gasteiger partial charge < -0.3 is 29.7 Å². The van der Waals surface area contributed by atoms with Gasteiger partial charge in [0.1, 0.15) is 34.7 Å². The van der Waals surface area contributed by atoms with Crippen molar-refractivity contribution in [1.29, 1.82) is 0 Å². The van der Waals surface area contributed by atoms with Crippen molar-refractivity contribution in [2.75, 3.05) is 20.3 Å². The summed E-state index contributed by atoms with van der Waals surface area (Å²) in [5, 5.41) is 6.76. The summed E-state index contributed by atoms with van der Waals surface area (Å²) in [5.41, 5.74) is 0.278. The van der Waals surface area contributed by atoms with E-state index in [0.717, 1.165) is 54.3 Å². The number of alkyl carbamates (subject to hydrolysis) is 1. The van der Waals surface area contributed by atoms with E-state index in [1.807, 2.05) is 37.3 Å². The van der Waals surface area contributed by atoms with Crippen molar-refractivity contribution in [2.24, 2.45) is 5.92 Å². The van der Waals surface area contributed by atoms with Gasteiger partial charge in [-0.1, -0.05) is 38.3 Å². The van der Waals surface area contributed by atoms with Gasteiger partial charge in [0.25, 0.3) is 5.91 Å². The molecule has 3 aliphatic heterocycles. The molecule has 57 heavy (non-hydrogen) atoms. The molecule has 1 saturated heterocycles. The van der Waals surface area contributed by atoms with Crippen molar-refractivity contribution in [3.63, 3.8) is 0 Å². The number of rotatable bonds is 9. The van der Waals surface area contributed by atoms with Crippen molar-refractivity contribution in [2.45, 2.75) is 144 Å². The molecule has 0 unspecified atom stereocenters. The first kappa shape index (κ1) is 39.4. The number of carbonyl (C=O) groups excluding carboxylic acids is 4. The molecule has 3 saturated carbocycles. The summed E-state index contributed by atoms with van der Waals surface area (Å²) in [6.45, 7) is 3.90. The third-order valence-corrected chi connectivity index (χ3v) is 15.2. The van der Waals surface area contributed by atoms with E-state index in [9.17, 15) is 27.6 Å². The number of benzene rings is 1. The number of pyridine rings is 1. The van der Waals surface area contributed by atoms with Crippen LogP contribution in [0.25, 0.3) is 10.9 Å². The maximum absolute atomic E-state index is 14.8. The summed E-state index contributed by atoms with van der Waals surface area (Å²) in [7, 11) is -2.36. The average Bonchev–Trinajstić information content (AvgIpc) is 4.12. The third kappa shape index (κ3) is 7.68. The number of nitrogens with zero attached hydrogens (tertiary/aromatic N) is 2. The summed E-state index contributed by atoms with van der Waals surface area (Å²) in [6, 6.07) is 3.81. The van der Waals surface area contributed by atoms with Gasteiger partial charge in [-0.15, -0.1) is 0 Å². The van der Waals surface area contributed by atoms with Crippen molar-refractivity contribution >= 4 is 44.7 Å². The first-order chi connectivity index (χ1) is 27.3. The van der Waals surface area contributed by atoms with E-state index >= 15 is 0 Å². The van der Waals surface area contributed by atoms with E-state index in [2.05, 4.69) is 15.4 Å². The van der Waals surface area contributed by atoms with Gasteiger partial charge in [-0.25, -0.2) is 18.2 Å². The van der Waals surface area contributed by atoms with E-state index in [1.54, 1.807) is 14.0 Å². The zero-order valence-corrected chi connectivity index (χ0v) is 34.0. The Morgan fingerprint density at radius 1 is 1.09 bits per heavy atom. The number of sulfonamides is 1. The molecule has 1 aromatic carbocycles. The van der Waals surface area contributed by atoms with E-state index in [1.165, 1.54) is 4.90 Å². The van der Waals surface area contributed by atoms with Gasteiger partial charge in [0, 0.05) is 35.3 Å². The zero-order valence-electron chi connectivity index (χ0n) is 33.2. The number of carbonyl (C=O) groups is 4. The number of amides is 4. The minimum absolute atomic E-state index is 0.0758. The zero-order chi connectivity index (χ0) is 40.2. The largest absolute Gasteiger partial charge is 0.497 e. The Hall–Kier alpha value is -4.40. The molecule has 3 N–H and O–H groups in total. The van der Waals surface area contributed by atoms with Gasteiger partial charge in [0.15, 0.2) is 0 Å². The highest BCUT2D eigenvalue weighted by atomic mass is 32.2. The number of hydrogen-bond donors (Lipinski definition) is 3. The highest BCUT2D eigenvalue weighted by molar-refractivity contribution is 7.91. The fourth-order valence-corrected chi connectivity index (χ4v) is 10.1. The first-order valence-corrected chi connectivity index (χ1v) is 22.3. The van der Waals surface area contributed by atoms with E-state index in [-0.39, 0.29) is 31.9 Å². The van der Waals surface area contributed by atoms with Gasteiger partial charge in [-0.2, -0.15) is 0 Å². The maximum Gasteiger partial charge on any atom is 0.407 e. The molecule has 5 atom stereocenters. The Morgan fingerprint density at radius 2 is 1.89 bits per heavy atom. The van der Waals surface area contributed by atoms with Crippen molar-refractivity contribution in [3.05, 3.63) is 41.6 Å². The molecule has 1 spiro atoms. The molecular weight excluding hydrogens is 751 g/mol. The molecule has 0 radical (unpaired) electrons. The van der Waals surface area contributed by atoms with Crippen molar-refractivity contribution in [3.8, 4) is 11.5 Å². The molecule has 4 heterocycles. The lowest BCUT2D eigenvalue weighted by atomic mass is 9.86. The number of aromatic nitrogens is 1. The molecule has 308 valence electrons. The Labute approximate surface area is 334 Å². The molecule has 14 nitrogen and oxygen atoms in total. The smallest absolute Gasteiger partial charge is 0.407 e. The number of ether oxygens (including phenoxy) is 3. The summed E-state index contributed by atoms with van der Waals surface area (Å²) < 4.78 is 45.8. The number of methoxy groups -OCH3 is 1. The standard InChI is InChI=1S/C42H55N5O9S/c1-4-5-21-55-39(51)44-31-12-10-8-6-7-9-11-27-23-42(27,38(50)46-57(52,53)40(2)19-20-40)45-36(48)33-24-41(25-47(33)37(31)49)18-17-30-29-16-15-28(54-3)22-32(29)43-34(26-13-14-26)35(30)56-41/h9,11,15-16,22,26-27,31,33H,4-8,10,12-14,17-21,23-25H2,1-3H3,(H,44,51)(H,45,48)(H,46,50)/b11-9-/t27-,31+,33+,41-,42-/m1/s1. The number of aryl methyl sites for hydroxylation is 1. The molecule has 4 fully saturated rings. The SMILES string of the molecule is CCCCOC(=O)N[C@H]1CCCCC/C=C\[C@@H]2C[C@@]2(C(=O)NS(=O)(=O)C2(C)CC2)NC(=O)[C@@H]2C[C@]3(CCc4c(c(C5CC5)nc5cc(OC)ccc45)O3)CN2C1=O. The van der Waals surface area contributed by atoms with Crippen molar-refractivity contribution in [1.82, 2.24) is 25.2 Å². The summed E-state index contributed by atoms with van der Waals surface area (Å²) in [6.07, 6.45) is 12.4. The van der Waals surface area contributed by atoms with Gasteiger partial charge in [0.2, 0.25) is 21.8 Å². The lowest BCUT2D eigenvalue weighted by molar-refractivity contribution is -0.141. The van der Waals surface area contributed by atoms with Crippen LogP contribution in [0.15, 0.2) is 30.4 Å². The Kier molecular flexibility index (Phi) is 10.4. The van der Waals surface area contributed by atoms with Gasteiger partial charge in [-0.05, 0) is 89.7 Å². The third-order valence-electron chi connectivity index (χ3n) is 13.0. The van der Waals surface area contributed by atoms with Crippen LogP contribution >= 0.6 is 0 Å². The van der Waals surface area contributed by atoms with Crippen LogP contribution in [0.2, 0.25) is 0 Å². The van der Waals surface area contributed by atoms with Gasteiger partial charge in [-0.3, -0.25) is 19.1 Å². The quantitative estimate of drug-likeness (QED) is 0.229. The van der Waals surface area contributed by atoms with Crippen LogP contribution < -0.4 is 24.8 Å². The van der Waals surface area contributed by atoms with Crippen LogP contribution in [0.4, 0.5) is 4.79 Å². The monoisotopic (exact) mass is 805 g/mol. The maximum atomic E-state index is 14.8. The molecule has 6 aliphatic rings. The van der Waals surface area contributed by atoms with Crippen LogP contribution in [0.1, 0.15) is 121 Å². The average molecular weight is 806 g/mol. The molecule has 0 bridgehead atoms. The van der Waals surface area contributed by atoms with E-state index in [0.29, 0.717) is 62.9 Å². The second-order valence-electron chi connectivity index (χ2n) is 17.3. The summed E-state index contributed by atoms with van der Waals surface area (Å²) >= 11 is 0. The fourth-order valence-electron chi connectivity index (χ4n) is 8.79. The number of unbranched alkanes of at least 4 members (excludes halogenated alkanes) is 1. The van der Waals surface area contributed by atoms with Crippen LogP contribution in [-0.4, -0.2) is 90.3 Å². The number of fused-ring (bicyclic) bond motifs is 5. The summed E-state index contributed by atoms with van der Waals surface area (Å²) in [5.74, 6) is -0.531. The first-order valence-electron chi connectivity index (χ1n) is 20.8. The molecule has 1 aromatic heterocycles. The highest BCUT2D eigenvalue weighted by Crippen LogP contribution is 2.52. The Morgan fingerprint density at radius 3 is 2.63 bits per heavy atom. The molecule has 2 aromatic rings. The Balaban J connectivity index is 1.14. The molecule has 4 amide bonds. The Bertz CT molecular complexity index is 2100. The molecular formula is C42H55N5O9S. The summed E-state index contributed by atoms with van der Waals surface area (Å²) in [4.78, 5) is 63.2. The fraction of sp³-hybridized carbons (Fsp3) is 0.643. The minimum atomic E-state index is -3.98. The normalized spacial score (nSPS) is 30.0. The van der Waals surface area contributed by atoms with Crippen molar-refractivity contribution < 1.29 is 41.8 Å². The van der Waals surface area contributed by atoms with Crippen LogP contribution in [0.5, 0.6) is 11.5 Å². The van der Waals surface area contributed by atoms with Crippen LogP contribution in [0.3, 0.4) is 0 Å². The molecule has 3 aliphatic carbocycles. The minimum Gasteiger partial charge on any atom is -0.497 e.